The average Bonchev–Trinajstić information content (AvgIpc) is 2.46. The van der Waals surface area contributed by atoms with Gasteiger partial charge in [0.1, 0.15) is 5.75 Å². The van der Waals surface area contributed by atoms with Crippen molar-refractivity contribution in [3.05, 3.63) is 29.8 Å². The average molecular weight is 291 g/mol. The van der Waals surface area contributed by atoms with Crippen molar-refractivity contribution in [3.63, 3.8) is 0 Å². The molecular weight excluding hydrogens is 258 g/mol. The number of para-hydroxylation sites is 1. The Kier molecular flexibility index (Phi) is 9.16. The van der Waals surface area contributed by atoms with E-state index in [2.05, 4.69) is 51.2 Å². The fourth-order valence-electron chi connectivity index (χ4n) is 2.53. The van der Waals surface area contributed by atoms with Gasteiger partial charge in [0.25, 0.3) is 0 Å². The van der Waals surface area contributed by atoms with Crippen molar-refractivity contribution in [1.82, 2.24) is 5.32 Å². The highest BCUT2D eigenvalue weighted by atomic mass is 16.5. The predicted molar refractivity (Wildman–Crippen MR) is 92.0 cm³/mol. The summed E-state index contributed by atoms with van der Waals surface area (Å²) in [6, 6.07) is 8.71. The SMILES string of the molecule is CCCCCCCCNC(C)c1ccccc1OC(C)C. The lowest BCUT2D eigenvalue weighted by atomic mass is 10.1. The third kappa shape index (κ3) is 7.52. The van der Waals surface area contributed by atoms with Gasteiger partial charge in [0.05, 0.1) is 6.10 Å². The zero-order valence-electron chi connectivity index (χ0n) is 14.3. The zero-order valence-corrected chi connectivity index (χ0v) is 14.3. The monoisotopic (exact) mass is 291 g/mol. The second kappa shape index (κ2) is 10.7. The van der Waals surface area contributed by atoms with Crippen molar-refractivity contribution in [2.24, 2.45) is 0 Å². The van der Waals surface area contributed by atoms with Crippen LogP contribution in [0.4, 0.5) is 0 Å². The van der Waals surface area contributed by atoms with Crippen molar-refractivity contribution < 1.29 is 4.74 Å². The number of rotatable bonds is 11. The minimum absolute atomic E-state index is 0.219. The summed E-state index contributed by atoms with van der Waals surface area (Å²) >= 11 is 0. The quantitative estimate of drug-likeness (QED) is 0.545. The van der Waals surface area contributed by atoms with Crippen LogP contribution in [0.3, 0.4) is 0 Å². The van der Waals surface area contributed by atoms with E-state index in [9.17, 15) is 0 Å². The first-order valence-corrected chi connectivity index (χ1v) is 8.64. The maximum absolute atomic E-state index is 5.90. The van der Waals surface area contributed by atoms with Crippen LogP contribution in [0.1, 0.15) is 77.8 Å². The molecule has 21 heavy (non-hydrogen) atoms. The minimum atomic E-state index is 0.219. The molecule has 120 valence electrons. The molecule has 0 heterocycles. The summed E-state index contributed by atoms with van der Waals surface area (Å²) in [5.74, 6) is 1.01. The van der Waals surface area contributed by atoms with Gasteiger partial charge in [0.2, 0.25) is 0 Å². The molecule has 1 unspecified atom stereocenters. The summed E-state index contributed by atoms with van der Waals surface area (Å²) in [5.41, 5.74) is 1.26. The molecule has 1 N–H and O–H groups in total. The summed E-state index contributed by atoms with van der Waals surface area (Å²) in [6.45, 7) is 9.72. The minimum Gasteiger partial charge on any atom is -0.491 e. The molecule has 0 radical (unpaired) electrons. The summed E-state index contributed by atoms with van der Waals surface area (Å²) in [4.78, 5) is 0. The van der Waals surface area contributed by atoms with Crippen LogP contribution >= 0.6 is 0 Å². The van der Waals surface area contributed by atoms with Gasteiger partial charge < -0.3 is 10.1 Å². The smallest absolute Gasteiger partial charge is 0.124 e. The van der Waals surface area contributed by atoms with E-state index in [1.807, 2.05) is 6.07 Å². The van der Waals surface area contributed by atoms with E-state index in [1.165, 1.54) is 44.1 Å². The van der Waals surface area contributed by atoms with Gasteiger partial charge in [-0.25, -0.2) is 0 Å². The molecule has 0 amide bonds. The largest absolute Gasteiger partial charge is 0.491 e. The maximum atomic E-state index is 5.90. The molecule has 2 heteroatoms. The van der Waals surface area contributed by atoms with Crippen molar-refractivity contribution in [3.8, 4) is 5.75 Å². The lowest BCUT2D eigenvalue weighted by Gasteiger charge is -2.19. The molecule has 0 aromatic heterocycles. The molecule has 0 aliphatic rings. The summed E-state index contributed by atoms with van der Waals surface area (Å²) in [6.07, 6.45) is 8.28. The summed E-state index contributed by atoms with van der Waals surface area (Å²) < 4.78 is 5.90. The van der Waals surface area contributed by atoms with E-state index in [4.69, 9.17) is 4.74 Å². The fraction of sp³-hybridized carbons (Fsp3) is 0.684. The van der Waals surface area contributed by atoms with Crippen LogP contribution in [0.25, 0.3) is 0 Å². The lowest BCUT2D eigenvalue weighted by Crippen LogP contribution is -2.21. The Labute approximate surface area is 131 Å². The molecule has 1 aromatic rings. The zero-order chi connectivity index (χ0) is 15.5. The number of benzene rings is 1. The van der Waals surface area contributed by atoms with Crippen molar-refractivity contribution in [2.75, 3.05) is 6.54 Å². The second-order valence-electron chi connectivity index (χ2n) is 6.15. The molecule has 0 aliphatic carbocycles. The predicted octanol–water partition coefficient (Wildman–Crippen LogP) is 5.48. The number of ether oxygens (including phenoxy) is 1. The third-order valence-corrected chi connectivity index (χ3v) is 3.73. The van der Waals surface area contributed by atoms with Crippen LogP contribution < -0.4 is 10.1 Å². The number of hydrogen-bond donors (Lipinski definition) is 1. The van der Waals surface area contributed by atoms with Gasteiger partial charge in [0.15, 0.2) is 0 Å². The maximum Gasteiger partial charge on any atom is 0.124 e. The van der Waals surface area contributed by atoms with E-state index < -0.39 is 0 Å². The van der Waals surface area contributed by atoms with Gasteiger partial charge in [-0.3, -0.25) is 0 Å². The highest BCUT2D eigenvalue weighted by Crippen LogP contribution is 2.25. The summed E-state index contributed by atoms with van der Waals surface area (Å²) in [7, 11) is 0. The van der Waals surface area contributed by atoms with E-state index in [1.54, 1.807) is 0 Å². The molecule has 0 fully saturated rings. The van der Waals surface area contributed by atoms with Crippen LogP contribution in [-0.4, -0.2) is 12.6 Å². The molecule has 1 aromatic carbocycles. The van der Waals surface area contributed by atoms with Crippen LogP contribution in [-0.2, 0) is 0 Å². The van der Waals surface area contributed by atoms with E-state index >= 15 is 0 Å². The van der Waals surface area contributed by atoms with E-state index in [0.29, 0.717) is 6.04 Å². The third-order valence-electron chi connectivity index (χ3n) is 3.73. The molecule has 2 nitrogen and oxygen atoms in total. The normalized spacial score (nSPS) is 12.6. The molecule has 0 spiro atoms. The van der Waals surface area contributed by atoms with Gasteiger partial charge in [0, 0.05) is 11.6 Å². The highest BCUT2D eigenvalue weighted by molar-refractivity contribution is 5.35. The molecule has 0 saturated carbocycles. The van der Waals surface area contributed by atoms with Crippen LogP contribution in [0.5, 0.6) is 5.75 Å². The van der Waals surface area contributed by atoms with Crippen molar-refractivity contribution in [2.45, 2.75) is 78.4 Å². The molecule has 0 aliphatic heterocycles. The molecule has 0 saturated heterocycles. The first kappa shape index (κ1) is 18.0. The Morgan fingerprint density at radius 1 is 0.952 bits per heavy atom. The van der Waals surface area contributed by atoms with Gasteiger partial charge in [-0.1, -0.05) is 57.2 Å². The van der Waals surface area contributed by atoms with E-state index in [0.717, 1.165) is 12.3 Å². The number of nitrogens with one attached hydrogen (secondary N) is 1. The lowest BCUT2D eigenvalue weighted by molar-refractivity contribution is 0.238. The topological polar surface area (TPSA) is 21.3 Å². The second-order valence-corrected chi connectivity index (χ2v) is 6.15. The Morgan fingerprint density at radius 2 is 1.62 bits per heavy atom. The number of hydrogen-bond acceptors (Lipinski definition) is 2. The van der Waals surface area contributed by atoms with E-state index in [-0.39, 0.29) is 6.10 Å². The Morgan fingerprint density at radius 3 is 2.33 bits per heavy atom. The molecular formula is C19H33NO. The van der Waals surface area contributed by atoms with Gasteiger partial charge >= 0.3 is 0 Å². The van der Waals surface area contributed by atoms with Crippen LogP contribution in [0.2, 0.25) is 0 Å². The Bertz CT molecular complexity index is 376. The standard InChI is InChI=1S/C19H33NO/c1-5-6-7-8-9-12-15-20-17(4)18-13-10-11-14-19(18)21-16(2)3/h10-11,13-14,16-17,20H,5-9,12,15H2,1-4H3. The Hall–Kier alpha value is -1.02. The van der Waals surface area contributed by atoms with Gasteiger partial charge in [-0.05, 0) is 39.8 Å². The summed E-state index contributed by atoms with van der Waals surface area (Å²) in [5, 5.41) is 3.62. The highest BCUT2D eigenvalue weighted by Gasteiger charge is 2.11. The Balaban J connectivity index is 2.33. The molecule has 1 rings (SSSR count). The van der Waals surface area contributed by atoms with Crippen LogP contribution in [0, 0.1) is 0 Å². The first-order valence-electron chi connectivity index (χ1n) is 8.64. The first-order chi connectivity index (χ1) is 10.1. The molecule has 0 bridgehead atoms. The van der Waals surface area contributed by atoms with Gasteiger partial charge in [-0.15, -0.1) is 0 Å². The van der Waals surface area contributed by atoms with Gasteiger partial charge in [-0.2, -0.15) is 0 Å². The number of unbranched alkanes of at least 4 members (excludes halogenated alkanes) is 5. The van der Waals surface area contributed by atoms with Crippen molar-refractivity contribution >= 4 is 0 Å². The van der Waals surface area contributed by atoms with Crippen LogP contribution in [0.15, 0.2) is 24.3 Å². The van der Waals surface area contributed by atoms with Crippen molar-refractivity contribution in [1.29, 1.82) is 0 Å². The fourth-order valence-corrected chi connectivity index (χ4v) is 2.53. The molecule has 1 atom stereocenters.